The fraction of sp³-hybridized carbons (Fsp3) is 0.250. The molecular formula is C24H26FN3O2. The Morgan fingerprint density at radius 3 is 2.50 bits per heavy atom. The smallest absolute Gasteiger partial charge is 0.253 e. The zero-order valence-electron chi connectivity index (χ0n) is 16.8. The van der Waals surface area contributed by atoms with Crippen LogP contribution in [0, 0.1) is 5.82 Å². The molecule has 3 rings (SSSR count). The maximum absolute atomic E-state index is 13.9. The van der Waals surface area contributed by atoms with Gasteiger partial charge >= 0.3 is 0 Å². The Balaban J connectivity index is 1.68. The van der Waals surface area contributed by atoms with E-state index in [0.29, 0.717) is 16.8 Å². The minimum Gasteiger partial charge on any atom is -0.391 e. The molecule has 3 atom stereocenters. The summed E-state index contributed by atoms with van der Waals surface area (Å²) < 4.78 is 13.9. The molecule has 5 nitrogen and oxygen atoms in total. The van der Waals surface area contributed by atoms with Crippen molar-refractivity contribution in [2.75, 3.05) is 0 Å². The molecule has 1 amide bonds. The molecule has 0 spiro atoms. The Hall–Kier alpha value is -3.09. The number of nitrogens with zero attached hydrogens (tertiary/aromatic N) is 1. The van der Waals surface area contributed by atoms with Crippen LogP contribution in [0.3, 0.4) is 0 Å². The van der Waals surface area contributed by atoms with E-state index in [1.165, 1.54) is 6.07 Å². The van der Waals surface area contributed by atoms with Gasteiger partial charge in [-0.15, -0.1) is 0 Å². The molecule has 30 heavy (non-hydrogen) atoms. The number of pyridine rings is 1. The summed E-state index contributed by atoms with van der Waals surface area (Å²) in [5.41, 5.74) is 8.37. The van der Waals surface area contributed by atoms with E-state index in [1.807, 2.05) is 37.3 Å². The lowest BCUT2D eigenvalue weighted by atomic mass is 9.97. The van der Waals surface area contributed by atoms with Gasteiger partial charge in [0.1, 0.15) is 5.82 Å². The van der Waals surface area contributed by atoms with E-state index in [4.69, 9.17) is 5.73 Å². The lowest BCUT2D eigenvalue weighted by Gasteiger charge is -2.20. The maximum Gasteiger partial charge on any atom is 0.253 e. The number of amides is 1. The third-order valence-corrected chi connectivity index (χ3v) is 5.09. The van der Waals surface area contributed by atoms with Gasteiger partial charge in [-0.25, -0.2) is 4.39 Å². The number of rotatable bonds is 8. The molecule has 0 saturated heterocycles. The predicted octanol–water partition coefficient (Wildman–Crippen LogP) is 3.19. The first kappa shape index (κ1) is 21.6. The number of halogens is 1. The van der Waals surface area contributed by atoms with Gasteiger partial charge in [-0.2, -0.15) is 0 Å². The third-order valence-electron chi connectivity index (χ3n) is 5.09. The molecule has 0 saturated carbocycles. The fourth-order valence-corrected chi connectivity index (χ4v) is 3.31. The predicted molar refractivity (Wildman–Crippen MR) is 114 cm³/mol. The first-order chi connectivity index (χ1) is 14.5. The summed E-state index contributed by atoms with van der Waals surface area (Å²) in [6.07, 6.45) is 0.881. The second-order valence-electron chi connectivity index (χ2n) is 7.33. The van der Waals surface area contributed by atoms with E-state index in [9.17, 15) is 14.3 Å². The fourth-order valence-electron chi connectivity index (χ4n) is 3.31. The zero-order valence-corrected chi connectivity index (χ0v) is 16.8. The van der Waals surface area contributed by atoms with Crippen molar-refractivity contribution in [1.29, 1.82) is 0 Å². The molecule has 3 aromatic rings. The number of aromatic nitrogens is 1. The SMILES string of the molecule is CC(NC(=O)c1cccnc1CC(O)C(N)Cc1ccccc1F)c1ccccc1. The average Bonchev–Trinajstić information content (AvgIpc) is 2.76. The Labute approximate surface area is 175 Å². The minimum absolute atomic E-state index is 0.0962. The van der Waals surface area contributed by atoms with Gasteiger partial charge in [0, 0.05) is 18.7 Å². The van der Waals surface area contributed by atoms with Crippen LogP contribution in [0.5, 0.6) is 0 Å². The van der Waals surface area contributed by atoms with E-state index in [0.717, 1.165) is 5.56 Å². The summed E-state index contributed by atoms with van der Waals surface area (Å²) >= 11 is 0. The molecular weight excluding hydrogens is 381 g/mol. The second-order valence-corrected chi connectivity index (χ2v) is 7.33. The molecule has 156 valence electrons. The van der Waals surface area contributed by atoms with Gasteiger partial charge in [0.2, 0.25) is 0 Å². The molecule has 1 heterocycles. The van der Waals surface area contributed by atoms with E-state index in [2.05, 4.69) is 10.3 Å². The van der Waals surface area contributed by atoms with Gasteiger partial charge in [0.25, 0.3) is 5.91 Å². The summed E-state index contributed by atoms with van der Waals surface area (Å²) in [6.45, 7) is 1.91. The molecule has 0 bridgehead atoms. The van der Waals surface area contributed by atoms with Gasteiger partial charge in [-0.05, 0) is 42.7 Å². The standard InChI is InChI=1S/C24H26FN3O2/c1-16(17-8-3-2-4-9-17)28-24(30)19-11-7-13-27-22(19)15-23(29)21(26)14-18-10-5-6-12-20(18)25/h2-13,16,21,23,29H,14-15,26H2,1H3,(H,28,30). The van der Waals surface area contributed by atoms with Gasteiger partial charge in [0.15, 0.2) is 0 Å². The van der Waals surface area contributed by atoms with Crippen molar-refractivity contribution in [3.05, 3.63) is 101 Å². The van der Waals surface area contributed by atoms with Gasteiger partial charge < -0.3 is 16.2 Å². The maximum atomic E-state index is 13.9. The molecule has 0 fully saturated rings. The Bertz CT molecular complexity index is 981. The van der Waals surface area contributed by atoms with Crippen molar-refractivity contribution in [3.8, 4) is 0 Å². The van der Waals surface area contributed by atoms with Crippen molar-refractivity contribution < 1.29 is 14.3 Å². The van der Waals surface area contributed by atoms with Gasteiger partial charge in [-0.3, -0.25) is 9.78 Å². The minimum atomic E-state index is -0.974. The van der Waals surface area contributed by atoms with Crippen molar-refractivity contribution in [1.82, 2.24) is 10.3 Å². The van der Waals surface area contributed by atoms with Crippen molar-refractivity contribution in [2.24, 2.45) is 5.73 Å². The quantitative estimate of drug-likeness (QED) is 0.535. The van der Waals surface area contributed by atoms with Crippen LogP contribution in [-0.4, -0.2) is 28.1 Å². The number of benzene rings is 2. The van der Waals surface area contributed by atoms with E-state index in [-0.39, 0.29) is 30.6 Å². The normalized spacial score (nSPS) is 14.0. The molecule has 4 N–H and O–H groups in total. The summed E-state index contributed by atoms with van der Waals surface area (Å²) in [5.74, 6) is -0.628. The highest BCUT2D eigenvalue weighted by Gasteiger charge is 2.22. The van der Waals surface area contributed by atoms with Crippen LogP contribution in [0.4, 0.5) is 4.39 Å². The van der Waals surface area contributed by atoms with Crippen LogP contribution in [-0.2, 0) is 12.8 Å². The van der Waals surface area contributed by atoms with Crippen LogP contribution in [0.15, 0.2) is 72.9 Å². The Kier molecular flexibility index (Phi) is 7.27. The highest BCUT2D eigenvalue weighted by molar-refractivity contribution is 5.95. The van der Waals surface area contributed by atoms with E-state index >= 15 is 0 Å². The number of aliphatic hydroxyl groups excluding tert-OH is 1. The number of nitrogens with two attached hydrogens (primary N) is 1. The number of nitrogens with one attached hydrogen (secondary N) is 1. The molecule has 3 unspecified atom stereocenters. The molecule has 0 aliphatic carbocycles. The van der Waals surface area contributed by atoms with Crippen molar-refractivity contribution in [2.45, 2.75) is 38.0 Å². The highest BCUT2D eigenvalue weighted by atomic mass is 19.1. The zero-order chi connectivity index (χ0) is 21.5. The van der Waals surface area contributed by atoms with Gasteiger partial charge in [0.05, 0.1) is 23.4 Å². The molecule has 0 aliphatic heterocycles. The number of aliphatic hydroxyl groups is 1. The van der Waals surface area contributed by atoms with Gasteiger partial charge in [-0.1, -0.05) is 48.5 Å². The largest absolute Gasteiger partial charge is 0.391 e. The van der Waals surface area contributed by atoms with Crippen LogP contribution >= 0.6 is 0 Å². The first-order valence-corrected chi connectivity index (χ1v) is 9.92. The summed E-state index contributed by atoms with van der Waals surface area (Å²) in [6, 6.07) is 18.5. The Morgan fingerprint density at radius 2 is 1.77 bits per heavy atom. The van der Waals surface area contributed by atoms with Crippen LogP contribution in [0.2, 0.25) is 0 Å². The molecule has 2 aromatic carbocycles. The number of hydrogen-bond acceptors (Lipinski definition) is 4. The highest BCUT2D eigenvalue weighted by Crippen LogP contribution is 2.16. The molecule has 0 aliphatic rings. The van der Waals surface area contributed by atoms with Crippen LogP contribution < -0.4 is 11.1 Å². The van der Waals surface area contributed by atoms with Crippen molar-refractivity contribution >= 4 is 5.91 Å². The third kappa shape index (κ3) is 5.49. The molecule has 6 heteroatoms. The first-order valence-electron chi connectivity index (χ1n) is 9.92. The number of carbonyl (C=O) groups is 1. The van der Waals surface area contributed by atoms with Crippen LogP contribution in [0.1, 0.15) is 40.1 Å². The van der Waals surface area contributed by atoms with E-state index < -0.39 is 12.1 Å². The summed E-state index contributed by atoms with van der Waals surface area (Å²) in [4.78, 5) is 17.1. The Morgan fingerprint density at radius 1 is 1.07 bits per heavy atom. The number of hydrogen-bond donors (Lipinski definition) is 3. The second kappa shape index (κ2) is 10.1. The number of carbonyl (C=O) groups excluding carboxylic acids is 1. The summed E-state index contributed by atoms with van der Waals surface area (Å²) in [7, 11) is 0. The lowest BCUT2D eigenvalue weighted by Crippen LogP contribution is -2.39. The van der Waals surface area contributed by atoms with Crippen LogP contribution in [0.25, 0.3) is 0 Å². The molecule has 0 radical (unpaired) electrons. The average molecular weight is 407 g/mol. The van der Waals surface area contributed by atoms with Crippen molar-refractivity contribution in [3.63, 3.8) is 0 Å². The monoisotopic (exact) mass is 407 g/mol. The topological polar surface area (TPSA) is 88.2 Å². The molecule has 1 aromatic heterocycles. The lowest BCUT2D eigenvalue weighted by molar-refractivity contribution is 0.0936. The summed E-state index contributed by atoms with van der Waals surface area (Å²) in [5, 5.41) is 13.5. The van der Waals surface area contributed by atoms with E-state index in [1.54, 1.807) is 36.5 Å².